The minimum Gasteiger partial charge on any atom is -0.439 e. The highest BCUT2D eigenvalue weighted by Crippen LogP contribution is 2.38. The number of hydrogen-bond acceptors (Lipinski definition) is 5. The predicted octanol–water partition coefficient (Wildman–Crippen LogP) is 5.63. The Morgan fingerprint density at radius 2 is 1.70 bits per heavy atom. The molecule has 2 aromatic carbocycles. The van der Waals surface area contributed by atoms with Gasteiger partial charge in [-0.1, -0.05) is 52.0 Å². The molecule has 3 heterocycles. The van der Waals surface area contributed by atoms with Gasteiger partial charge in [0.15, 0.2) is 12.3 Å². The molecule has 200 valence electrons. The summed E-state index contributed by atoms with van der Waals surface area (Å²) in [6, 6.07) is 16.3. The van der Waals surface area contributed by atoms with Gasteiger partial charge < -0.3 is 14.1 Å². The van der Waals surface area contributed by atoms with Crippen LogP contribution in [-0.2, 0) is 28.5 Å². The monoisotopic (exact) mass is 544 g/mol. The van der Waals surface area contributed by atoms with E-state index in [0.717, 1.165) is 66.7 Å². The average molecular weight is 545 g/mol. The number of benzene rings is 2. The van der Waals surface area contributed by atoms with Crippen molar-refractivity contribution in [1.82, 2.24) is 4.13 Å². The highest BCUT2D eigenvalue weighted by molar-refractivity contribution is 7.99. The van der Waals surface area contributed by atoms with Gasteiger partial charge in [-0.2, -0.15) is 8.69 Å². The molecule has 1 N–H and O–H groups in total. The van der Waals surface area contributed by atoms with Gasteiger partial charge in [0.05, 0.1) is 11.8 Å². The van der Waals surface area contributed by atoms with E-state index in [1.807, 2.05) is 68.5 Å². The third-order valence-corrected chi connectivity index (χ3v) is 8.30. The van der Waals surface area contributed by atoms with Gasteiger partial charge in [0.1, 0.15) is 22.0 Å². The Balaban J connectivity index is 0.000000322. The van der Waals surface area contributed by atoms with Crippen LogP contribution in [0.1, 0.15) is 52.8 Å². The van der Waals surface area contributed by atoms with Gasteiger partial charge >= 0.3 is 5.89 Å². The van der Waals surface area contributed by atoms with Gasteiger partial charge in [-0.3, -0.25) is 0 Å². The maximum atomic E-state index is 10.5. The van der Waals surface area contributed by atoms with Crippen LogP contribution in [0.4, 0.5) is 5.69 Å². The SMILES string of the molecule is CC.CCCN1/C(=C/C=C/c2oc3ccccc3[n+]2CCC)Oc2ccccc21.O=S1CCCS(=O)N1. The minimum atomic E-state index is -1.02. The zero-order valence-electron chi connectivity index (χ0n) is 22.1. The lowest BCUT2D eigenvalue weighted by Crippen LogP contribution is -2.34. The summed E-state index contributed by atoms with van der Waals surface area (Å²) >= 11 is 0. The normalized spacial score (nSPS) is 19.7. The second-order valence-electron chi connectivity index (χ2n) is 8.18. The smallest absolute Gasteiger partial charge is 0.374 e. The van der Waals surface area contributed by atoms with E-state index in [9.17, 15) is 8.42 Å². The van der Waals surface area contributed by atoms with Gasteiger partial charge in [0, 0.05) is 30.5 Å². The van der Waals surface area contributed by atoms with Crippen molar-refractivity contribution >= 4 is 44.8 Å². The first-order valence-electron chi connectivity index (χ1n) is 13.0. The number of hydrogen-bond donors (Lipinski definition) is 1. The molecule has 1 saturated heterocycles. The van der Waals surface area contributed by atoms with Gasteiger partial charge in [0.25, 0.3) is 5.52 Å². The topological polar surface area (TPSA) is 75.7 Å². The summed E-state index contributed by atoms with van der Waals surface area (Å²) < 4.78 is 37.7. The predicted molar refractivity (Wildman–Crippen MR) is 154 cm³/mol. The summed E-state index contributed by atoms with van der Waals surface area (Å²) in [4.78, 5) is 2.22. The summed E-state index contributed by atoms with van der Waals surface area (Å²) in [5.41, 5.74) is 3.17. The Morgan fingerprint density at radius 1 is 1.00 bits per heavy atom. The maximum Gasteiger partial charge on any atom is 0.374 e. The molecule has 2 aliphatic heterocycles. The van der Waals surface area contributed by atoms with Crippen LogP contribution in [0.2, 0.25) is 0 Å². The minimum absolute atomic E-state index is 0.645. The fourth-order valence-electron chi connectivity index (χ4n) is 3.98. The van der Waals surface area contributed by atoms with Crippen LogP contribution in [-0.4, -0.2) is 26.5 Å². The van der Waals surface area contributed by atoms with Crippen LogP contribution >= 0.6 is 0 Å². The lowest BCUT2D eigenvalue weighted by Gasteiger charge is -2.16. The lowest BCUT2D eigenvalue weighted by molar-refractivity contribution is -0.678. The molecule has 0 bridgehead atoms. The first-order valence-corrected chi connectivity index (χ1v) is 15.6. The Labute approximate surface area is 225 Å². The van der Waals surface area contributed by atoms with Crippen molar-refractivity contribution in [3.63, 3.8) is 0 Å². The molecule has 2 atom stereocenters. The van der Waals surface area contributed by atoms with Gasteiger partial charge in [-0.15, -0.1) is 0 Å². The molecule has 1 fully saturated rings. The molecule has 2 aliphatic rings. The number of aryl methyl sites for hydroxylation is 1. The zero-order chi connectivity index (χ0) is 26.6. The largest absolute Gasteiger partial charge is 0.439 e. The van der Waals surface area contributed by atoms with E-state index in [0.29, 0.717) is 11.5 Å². The van der Waals surface area contributed by atoms with Crippen LogP contribution < -0.4 is 18.3 Å². The molecule has 7 nitrogen and oxygen atoms in total. The highest BCUT2D eigenvalue weighted by Gasteiger charge is 2.24. The molecule has 0 aliphatic carbocycles. The van der Waals surface area contributed by atoms with Gasteiger partial charge in [0.2, 0.25) is 11.5 Å². The molecule has 9 heteroatoms. The van der Waals surface area contributed by atoms with Crippen LogP contribution in [0, 0.1) is 0 Å². The number of nitrogens with one attached hydrogen (secondary N) is 1. The van der Waals surface area contributed by atoms with Crippen molar-refractivity contribution in [3.8, 4) is 5.75 Å². The molecule has 0 amide bonds. The standard InChI is InChI=1S/C23H25N2O2.C3H7NO2S2.C2H6/c1-3-16-24-18-10-5-7-12-20(18)26-22(24)14-9-15-23-25(17-4-2)19-11-6-8-13-21(19)27-23;5-7-2-1-3-8(6)4-7;1-2/h5-15H,3-4,16-17H2,1-2H3;4H,1-3H2;1-2H3/q+1;;. The van der Waals surface area contributed by atoms with E-state index >= 15 is 0 Å². The van der Waals surface area contributed by atoms with E-state index in [2.05, 4.69) is 39.6 Å². The summed E-state index contributed by atoms with van der Waals surface area (Å²) in [5, 5.41) is 0. The molecular weight excluding hydrogens is 506 g/mol. The molecule has 0 radical (unpaired) electrons. The van der Waals surface area contributed by atoms with Crippen LogP contribution in [0.5, 0.6) is 5.75 Å². The fraction of sp³-hybridized carbons (Fsp3) is 0.393. The molecule has 5 rings (SSSR count). The Kier molecular flexibility index (Phi) is 11.6. The third-order valence-electron chi connectivity index (χ3n) is 5.49. The second kappa shape index (κ2) is 14.9. The Hall–Kier alpha value is -2.75. The highest BCUT2D eigenvalue weighted by atomic mass is 32.3. The van der Waals surface area contributed by atoms with Gasteiger partial charge in [-0.25, -0.2) is 8.42 Å². The number of para-hydroxylation sites is 4. The van der Waals surface area contributed by atoms with Crippen molar-refractivity contribution < 1.29 is 22.1 Å². The number of fused-ring (bicyclic) bond motifs is 2. The number of aromatic nitrogens is 1. The quantitative estimate of drug-likeness (QED) is 0.407. The molecule has 1 aromatic heterocycles. The number of rotatable bonds is 6. The molecule has 37 heavy (non-hydrogen) atoms. The van der Waals surface area contributed by atoms with E-state index in [1.165, 1.54) is 0 Å². The fourth-order valence-corrected chi connectivity index (χ4v) is 6.48. The molecular formula is C28H38N3O4S2+. The van der Waals surface area contributed by atoms with Crippen molar-refractivity contribution in [3.05, 3.63) is 72.5 Å². The summed E-state index contributed by atoms with van der Waals surface area (Å²) in [6.45, 7) is 10.2. The summed E-state index contributed by atoms with van der Waals surface area (Å²) in [6.07, 6.45) is 8.95. The van der Waals surface area contributed by atoms with E-state index in [4.69, 9.17) is 9.15 Å². The van der Waals surface area contributed by atoms with Crippen molar-refractivity contribution in [2.75, 3.05) is 23.0 Å². The molecule has 0 spiro atoms. The van der Waals surface area contributed by atoms with Gasteiger partial charge in [-0.05, 0) is 43.2 Å². The number of nitrogens with zero attached hydrogens (tertiary/aromatic N) is 2. The first kappa shape index (κ1) is 28.8. The summed E-state index contributed by atoms with van der Waals surface area (Å²) in [7, 11) is -2.04. The number of anilines is 1. The van der Waals surface area contributed by atoms with Crippen molar-refractivity contribution in [1.29, 1.82) is 0 Å². The lowest BCUT2D eigenvalue weighted by atomic mass is 10.2. The zero-order valence-corrected chi connectivity index (χ0v) is 23.8. The molecule has 0 saturated carbocycles. The molecule has 3 aromatic rings. The van der Waals surface area contributed by atoms with E-state index in [-0.39, 0.29) is 0 Å². The molecule has 2 unspecified atom stereocenters. The van der Waals surface area contributed by atoms with Crippen LogP contribution in [0.25, 0.3) is 17.2 Å². The van der Waals surface area contributed by atoms with Crippen molar-refractivity contribution in [2.24, 2.45) is 0 Å². The number of allylic oxidation sites excluding steroid dienone is 2. The van der Waals surface area contributed by atoms with Crippen LogP contribution in [0.3, 0.4) is 0 Å². The first-order chi connectivity index (χ1) is 18.1. The van der Waals surface area contributed by atoms with E-state index in [1.54, 1.807) is 0 Å². The van der Waals surface area contributed by atoms with E-state index < -0.39 is 22.0 Å². The number of oxazole rings is 1. The van der Waals surface area contributed by atoms with Crippen LogP contribution in [0.15, 0.2) is 71.0 Å². The summed E-state index contributed by atoms with van der Waals surface area (Å²) in [5.74, 6) is 3.91. The second-order valence-corrected chi connectivity index (χ2v) is 11.0. The average Bonchev–Trinajstić information content (AvgIpc) is 3.44. The maximum absolute atomic E-state index is 10.5. The Bertz CT molecular complexity index is 1260. The van der Waals surface area contributed by atoms with Crippen molar-refractivity contribution in [2.45, 2.75) is 53.5 Å². The Morgan fingerprint density at radius 3 is 2.38 bits per heavy atom. The number of ether oxygens (including phenoxy) is 1. The third kappa shape index (κ3) is 7.63.